The molecule has 0 radical (unpaired) electrons. The van der Waals surface area contributed by atoms with Gasteiger partial charge in [0.2, 0.25) is 0 Å². The zero-order valence-electron chi connectivity index (χ0n) is 10.1. The molecule has 0 aliphatic carbocycles. The Morgan fingerprint density at radius 2 is 1.75 bits per heavy atom. The lowest BCUT2D eigenvalue weighted by molar-refractivity contribution is 0.293. The highest BCUT2D eigenvalue weighted by atomic mass is 16.5. The number of ether oxygens (including phenoxy) is 2. The molecule has 0 amide bonds. The van der Waals surface area contributed by atoms with Crippen LogP contribution in [0.25, 0.3) is 0 Å². The molecule has 16 heavy (non-hydrogen) atoms. The van der Waals surface area contributed by atoms with Gasteiger partial charge in [-0.25, -0.2) is 0 Å². The fourth-order valence-electron chi connectivity index (χ4n) is 1.52. The molecule has 1 aromatic carbocycles. The fourth-order valence-corrected chi connectivity index (χ4v) is 1.52. The van der Waals surface area contributed by atoms with Crippen LogP contribution in [0.3, 0.4) is 0 Å². The molecule has 1 rings (SSSR count). The summed E-state index contributed by atoms with van der Waals surface area (Å²) in [6, 6.07) is 7.85. The first-order valence-corrected chi connectivity index (χ1v) is 5.78. The van der Waals surface area contributed by atoms with Crippen LogP contribution in [0.2, 0.25) is 0 Å². The quantitative estimate of drug-likeness (QED) is 0.772. The fraction of sp³-hybridized carbons (Fsp3) is 0.538. The SMILES string of the molecule is CCCC(N)CCOc1ccc(OC)cc1. The van der Waals surface area contributed by atoms with Gasteiger partial charge >= 0.3 is 0 Å². The van der Waals surface area contributed by atoms with Crippen LogP contribution in [-0.4, -0.2) is 19.8 Å². The number of benzene rings is 1. The highest BCUT2D eigenvalue weighted by Gasteiger charge is 2.01. The Morgan fingerprint density at radius 1 is 1.12 bits per heavy atom. The second-order valence-corrected chi connectivity index (χ2v) is 3.86. The van der Waals surface area contributed by atoms with Crippen molar-refractivity contribution in [2.24, 2.45) is 5.73 Å². The summed E-state index contributed by atoms with van der Waals surface area (Å²) in [4.78, 5) is 0. The Kier molecular flexibility index (Phi) is 5.72. The molecular weight excluding hydrogens is 202 g/mol. The lowest BCUT2D eigenvalue weighted by atomic mass is 10.1. The van der Waals surface area contributed by atoms with E-state index in [1.165, 1.54) is 0 Å². The molecule has 1 unspecified atom stereocenters. The summed E-state index contributed by atoms with van der Waals surface area (Å²) >= 11 is 0. The topological polar surface area (TPSA) is 44.5 Å². The summed E-state index contributed by atoms with van der Waals surface area (Å²) in [5.41, 5.74) is 5.89. The highest BCUT2D eigenvalue weighted by Crippen LogP contribution is 2.17. The summed E-state index contributed by atoms with van der Waals surface area (Å²) in [5, 5.41) is 0. The molecule has 0 saturated heterocycles. The molecule has 0 spiro atoms. The summed E-state index contributed by atoms with van der Waals surface area (Å²) in [7, 11) is 1.65. The molecule has 3 heteroatoms. The highest BCUT2D eigenvalue weighted by molar-refractivity contribution is 5.31. The van der Waals surface area contributed by atoms with Gasteiger partial charge in [0, 0.05) is 6.04 Å². The van der Waals surface area contributed by atoms with Crippen LogP contribution in [0.1, 0.15) is 26.2 Å². The van der Waals surface area contributed by atoms with Crippen LogP contribution in [0.4, 0.5) is 0 Å². The molecule has 0 saturated carbocycles. The third kappa shape index (κ3) is 4.53. The van der Waals surface area contributed by atoms with Crippen molar-refractivity contribution >= 4 is 0 Å². The van der Waals surface area contributed by atoms with Crippen LogP contribution in [-0.2, 0) is 0 Å². The van der Waals surface area contributed by atoms with Gasteiger partial charge in [0.15, 0.2) is 0 Å². The zero-order valence-corrected chi connectivity index (χ0v) is 10.1. The van der Waals surface area contributed by atoms with Crippen LogP contribution in [0.15, 0.2) is 24.3 Å². The maximum atomic E-state index is 5.89. The van der Waals surface area contributed by atoms with E-state index in [9.17, 15) is 0 Å². The molecule has 1 aromatic rings. The van der Waals surface area contributed by atoms with Gasteiger partial charge in [-0.1, -0.05) is 13.3 Å². The Morgan fingerprint density at radius 3 is 2.31 bits per heavy atom. The van der Waals surface area contributed by atoms with E-state index in [0.29, 0.717) is 6.61 Å². The van der Waals surface area contributed by atoms with E-state index in [4.69, 9.17) is 15.2 Å². The van der Waals surface area contributed by atoms with Gasteiger partial charge in [-0.2, -0.15) is 0 Å². The molecule has 0 fully saturated rings. The smallest absolute Gasteiger partial charge is 0.119 e. The third-order valence-electron chi connectivity index (χ3n) is 2.48. The van der Waals surface area contributed by atoms with Crippen molar-refractivity contribution in [3.05, 3.63) is 24.3 Å². The van der Waals surface area contributed by atoms with E-state index in [1.807, 2.05) is 24.3 Å². The monoisotopic (exact) mass is 223 g/mol. The third-order valence-corrected chi connectivity index (χ3v) is 2.48. The predicted octanol–water partition coefficient (Wildman–Crippen LogP) is 2.59. The van der Waals surface area contributed by atoms with Crippen molar-refractivity contribution in [1.29, 1.82) is 0 Å². The molecule has 0 heterocycles. The first-order valence-electron chi connectivity index (χ1n) is 5.78. The lowest BCUT2D eigenvalue weighted by Crippen LogP contribution is -2.22. The average molecular weight is 223 g/mol. The summed E-state index contributed by atoms with van der Waals surface area (Å²) in [6.07, 6.45) is 3.09. The van der Waals surface area contributed by atoms with Crippen molar-refractivity contribution in [3.63, 3.8) is 0 Å². The number of hydrogen-bond donors (Lipinski definition) is 1. The summed E-state index contributed by atoms with van der Waals surface area (Å²) in [6.45, 7) is 2.82. The summed E-state index contributed by atoms with van der Waals surface area (Å²) < 4.78 is 10.7. The van der Waals surface area contributed by atoms with Crippen molar-refractivity contribution in [1.82, 2.24) is 0 Å². The van der Waals surface area contributed by atoms with Gasteiger partial charge in [0.25, 0.3) is 0 Å². The Hall–Kier alpha value is -1.22. The van der Waals surface area contributed by atoms with Gasteiger partial charge in [-0.15, -0.1) is 0 Å². The molecular formula is C13H21NO2. The van der Waals surface area contributed by atoms with E-state index in [2.05, 4.69) is 6.92 Å². The Labute approximate surface area is 97.6 Å². The van der Waals surface area contributed by atoms with Crippen LogP contribution in [0.5, 0.6) is 11.5 Å². The van der Waals surface area contributed by atoms with Gasteiger partial charge < -0.3 is 15.2 Å². The minimum atomic E-state index is 0.253. The first-order chi connectivity index (χ1) is 7.76. The second-order valence-electron chi connectivity index (χ2n) is 3.86. The van der Waals surface area contributed by atoms with Crippen LogP contribution in [0, 0.1) is 0 Å². The van der Waals surface area contributed by atoms with Gasteiger partial charge in [-0.05, 0) is 37.1 Å². The Balaban J connectivity index is 2.26. The van der Waals surface area contributed by atoms with Gasteiger partial charge in [0.05, 0.1) is 13.7 Å². The van der Waals surface area contributed by atoms with Crippen molar-refractivity contribution in [2.75, 3.05) is 13.7 Å². The van der Waals surface area contributed by atoms with Crippen molar-refractivity contribution in [3.8, 4) is 11.5 Å². The van der Waals surface area contributed by atoms with Crippen molar-refractivity contribution in [2.45, 2.75) is 32.2 Å². The minimum Gasteiger partial charge on any atom is -0.497 e. The predicted molar refractivity (Wildman–Crippen MR) is 66.0 cm³/mol. The maximum absolute atomic E-state index is 5.89. The molecule has 0 aromatic heterocycles. The summed E-state index contributed by atoms with van der Waals surface area (Å²) in [5.74, 6) is 1.71. The first kappa shape index (κ1) is 12.8. The number of methoxy groups -OCH3 is 1. The van der Waals surface area contributed by atoms with E-state index in [0.717, 1.165) is 30.8 Å². The number of nitrogens with two attached hydrogens (primary N) is 1. The van der Waals surface area contributed by atoms with E-state index < -0.39 is 0 Å². The second kappa shape index (κ2) is 7.12. The average Bonchev–Trinajstić information content (AvgIpc) is 2.30. The van der Waals surface area contributed by atoms with E-state index in [-0.39, 0.29) is 6.04 Å². The van der Waals surface area contributed by atoms with E-state index >= 15 is 0 Å². The lowest BCUT2D eigenvalue weighted by Gasteiger charge is -2.11. The number of rotatable bonds is 7. The maximum Gasteiger partial charge on any atom is 0.119 e. The standard InChI is InChI=1S/C13H21NO2/c1-3-4-11(14)9-10-16-13-7-5-12(15-2)6-8-13/h5-8,11H,3-4,9-10,14H2,1-2H3. The molecule has 0 aliphatic rings. The molecule has 90 valence electrons. The van der Waals surface area contributed by atoms with Crippen LogP contribution < -0.4 is 15.2 Å². The normalized spacial score (nSPS) is 12.2. The van der Waals surface area contributed by atoms with E-state index in [1.54, 1.807) is 7.11 Å². The number of hydrogen-bond acceptors (Lipinski definition) is 3. The molecule has 0 aliphatic heterocycles. The zero-order chi connectivity index (χ0) is 11.8. The largest absolute Gasteiger partial charge is 0.497 e. The molecule has 3 nitrogen and oxygen atoms in total. The van der Waals surface area contributed by atoms with Gasteiger partial charge in [-0.3, -0.25) is 0 Å². The van der Waals surface area contributed by atoms with Gasteiger partial charge in [0.1, 0.15) is 11.5 Å². The minimum absolute atomic E-state index is 0.253. The Bertz CT molecular complexity index is 284. The van der Waals surface area contributed by atoms with Crippen LogP contribution >= 0.6 is 0 Å². The molecule has 1 atom stereocenters. The van der Waals surface area contributed by atoms with Crippen molar-refractivity contribution < 1.29 is 9.47 Å². The molecule has 2 N–H and O–H groups in total. The molecule has 0 bridgehead atoms.